The van der Waals surface area contributed by atoms with Gasteiger partial charge in [0.2, 0.25) is 10.0 Å². The van der Waals surface area contributed by atoms with Gasteiger partial charge in [0.1, 0.15) is 0 Å². The van der Waals surface area contributed by atoms with Crippen LogP contribution in [0, 0.1) is 0 Å². The Bertz CT molecular complexity index is 969. The van der Waals surface area contributed by atoms with E-state index in [4.69, 9.17) is 4.74 Å². The number of hydrogen-bond donors (Lipinski definition) is 2. The molecule has 0 aliphatic carbocycles. The first-order valence-corrected chi connectivity index (χ1v) is 10.1. The number of nitrogens with one attached hydrogen (secondary N) is 1. The monoisotopic (exact) mass is 405 g/mol. The van der Waals surface area contributed by atoms with Crippen LogP contribution in [-0.4, -0.2) is 50.2 Å². The lowest BCUT2D eigenvalue weighted by atomic mass is 10.2. The molecule has 0 saturated heterocycles. The summed E-state index contributed by atoms with van der Waals surface area (Å²) in [6, 6.07) is 10.6. The highest BCUT2D eigenvalue weighted by Crippen LogP contribution is 2.27. The van der Waals surface area contributed by atoms with Crippen LogP contribution in [0.25, 0.3) is 0 Å². The average molecular weight is 405 g/mol. The van der Waals surface area contributed by atoms with Crippen molar-refractivity contribution in [3.05, 3.63) is 53.6 Å². The van der Waals surface area contributed by atoms with E-state index in [0.29, 0.717) is 18.7 Å². The molecule has 150 valence electrons. The molecule has 2 rings (SSSR count). The number of hydrogen-bond acceptors (Lipinski definition) is 6. The molecule has 0 atom stereocenters. The molecule has 2 aromatic carbocycles. The van der Waals surface area contributed by atoms with Crippen LogP contribution in [-0.2, 0) is 10.0 Å². The van der Waals surface area contributed by atoms with E-state index in [9.17, 15) is 18.3 Å². The maximum atomic E-state index is 12.6. The van der Waals surface area contributed by atoms with Crippen LogP contribution < -0.4 is 10.2 Å². The van der Waals surface area contributed by atoms with Crippen LogP contribution in [0.15, 0.2) is 52.5 Å². The van der Waals surface area contributed by atoms with E-state index in [1.165, 1.54) is 41.9 Å². The van der Waals surface area contributed by atoms with Gasteiger partial charge in [-0.05, 0) is 30.3 Å². The second-order valence-electron chi connectivity index (χ2n) is 5.71. The molecule has 2 N–H and O–H groups in total. The minimum absolute atomic E-state index is 0.0401. The fourth-order valence-electron chi connectivity index (χ4n) is 2.54. The maximum absolute atomic E-state index is 12.6. The summed E-state index contributed by atoms with van der Waals surface area (Å²) in [6.45, 7) is 4.17. The summed E-state index contributed by atoms with van der Waals surface area (Å²) < 4.78 is 31.5. The van der Waals surface area contributed by atoms with Gasteiger partial charge < -0.3 is 9.84 Å². The Labute approximate surface area is 164 Å². The van der Waals surface area contributed by atoms with Crippen LogP contribution in [0.1, 0.15) is 29.8 Å². The van der Waals surface area contributed by atoms with Crippen LogP contribution in [0.5, 0.6) is 11.5 Å². The summed E-state index contributed by atoms with van der Waals surface area (Å²) >= 11 is 0. The SMILES string of the molecule is CCN(CC)S(=O)(=O)c1cccc(C(=O)N/N=C/c2cccc(OC)c2O)c1. The zero-order valence-corrected chi connectivity index (χ0v) is 16.7. The molecular formula is C19H23N3O5S. The highest BCUT2D eigenvalue weighted by Gasteiger charge is 2.22. The molecule has 2 aromatic rings. The van der Waals surface area contributed by atoms with Crippen LogP contribution in [0.2, 0.25) is 0 Å². The fraction of sp³-hybridized carbons (Fsp3) is 0.263. The van der Waals surface area contributed by atoms with Gasteiger partial charge >= 0.3 is 0 Å². The summed E-state index contributed by atoms with van der Waals surface area (Å²) in [5, 5.41) is 13.8. The first kappa shape index (κ1) is 21.4. The number of carbonyl (C=O) groups is 1. The van der Waals surface area contributed by atoms with Crippen molar-refractivity contribution < 1.29 is 23.1 Å². The molecule has 0 spiro atoms. The third-order valence-corrected chi connectivity index (χ3v) is 6.11. The molecule has 0 radical (unpaired) electrons. The summed E-state index contributed by atoms with van der Waals surface area (Å²) in [7, 11) is -2.24. The number of benzene rings is 2. The number of phenols is 1. The van der Waals surface area contributed by atoms with Crippen molar-refractivity contribution >= 4 is 22.1 Å². The Morgan fingerprint density at radius 3 is 2.54 bits per heavy atom. The molecule has 1 amide bonds. The summed E-state index contributed by atoms with van der Waals surface area (Å²) in [4.78, 5) is 12.4. The first-order chi connectivity index (χ1) is 13.3. The van der Waals surface area contributed by atoms with Gasteiger partial charge in [0, 0.05) is 24.2 Å². The highest BCUT2D eigenvalue weighted by atomic mass is 32.2. The van der Waals surface area contributed by atoms with Crippen molar-refractivity contribution in [2.75, 3.05) is 20.2 Å². The highest BCUT2D eigenvalue weighted by molar-refractivity contribution is 7.89. The number of amides is 1. The number of carbonyl (C=O) groups excluding carboxylic acids is 1. The molecule has 0 saturated carbocycles. The van der Waals surface area contributed by atoms with Crippen molar-refractivity contribution in [2.45, 2.75) is 18.7 Å². The summed E-state index contributed by atoms with van der Waals surface area (Å²) in [5.41, 5.74) is 2.83. The summed E-state index contributed by atoms with van der Waals surface area (Å²) in [6.07, 6.45) is 1.27. The quantitative estimate of drug-likeness (QED) is 0.517. The van der Waals surface area contributed by atoms with Crippen molar-refractivity contribution in [3.8, 4) is 11.5 Å². The van der Waals surface area contributed by atoms with Gasteiger partial charge in [-0.2, -0.15) is 9.41 Å². The van der Waals surface area contributed by atoms with Crippen LogP contribution >= 0.6 is 0 Å². The lowest BCUT2D eigenvalue weighted by Crippen LogP contribution is -2.30. The number of ether oxygens (including phenoxy) is 1. The Hall–Kier alpha value is -2.91. The Morgan fingerprint density at radius 1 is 1.21 bits per heavy atom. The molecular weight excluding hydrogens is 382 g/mol. The van der Waals surface area contributed by atoms with E-state index in [-0.39, 0.29) is 22.0 Å². The molecule has 0 bridgehead atoms. The van der Waals surface area contributed by atoms with Gasteiger partial charge in [0.25, 0.3) is 5.91 Å². The smallest absolute Gasteiger partial charge is 0.271 e. The molecule has 0 aliphatic rings. The van der Waals surface area contributed by atoms with Gasteiger partial charge in [0.15, 0.2) is 11.5 Å². The number of rotatable bonds is 8. The minimum atomic E-state index is -3.67. The van der Waals surface area contributed by atoms with Gasteiger partial charge in [-0.25, -0.2) is 13.8 Å². The second kappa shape index (κ2) is 9.34. The predicted octanol–water partition coefficient (Wildman–Crippen LogP) is 2.20. The van der Waals surface area contributed by atoms with Crippen LogP contribution in [0.4, 0.5) is 0 Å². The Balaban J connectivity index is 2.18. The number of hydrazone groups is 1. The van der Waals surface area contributed by atoms with E-state index in [2.05, 4.69) is 10.5 Å². The Morgan fingerprint density at radius 2 is 1.89 bits per heavy atom. The maximum Gasteiger partial charge on any atom is 0.271 e. The normalized spacial score (nSPS) is 11.7. The fourth-order valence-corrected chi connectivity index (χ4v) is 4.05. The number of sulfonamides is 1. The molecule has 0 heterocycles. The van der Waals surface area contributed by atoms with E-state index in [0.717, 1.165) is 0 Å². The lowest BCUT2D eigenvalue weighted by Gasteiger charge is -2.18. The minimum Gasteiger partial charge on any atom is -0.504 e. The van der Waals surface area contributed by atoms with Crippen molar-refractivity contribution in [1.82, 2.24) is 9.73 Å². The average Bonchev–Trinajstić information content (AvgIpc) is 2.70. The topological polar surface area (TPSA) is 108 Å². The van der Waals surface area contributed by atoms with Crippen molar-refractivity contribution in [1.29, 1.82) is 0 Å². The predicted molar refractivity (Wildman–Crippen MR) is 106 cm³/mol. The van der Waals surface area contributed by atoms with Crippen molar-refractivity contribution in [3.63, 3.8) is 0 Å². The number of para-hydroxylation sites is 1. The second-order valence-corrected chi connectivity index (χ2v) is 7.65. The van der Waals surface area contributed by atoms with E-state index >= 15 is 0 Å². The first-order valence-electron chi connectivity index (χ1n) is 8.64. The number of nitrogens with zero attached hydrogens (tertiary/aromatic N) is 2. The third kappa shape index (κ3) is 4.68. The van der Waals surface area contributed by atoms with Gasteiger partial charge in [-0.3, -0.25) is 4.79 Å². The molecule has 8 nitrogen and oxygen atoms in total. The summed E-state index contributed by atoms with van der Waals surface area (Å²) in [5.74, 6) is -0.393. The van der Waals surface area contributed by atoms with E-state index < -0.39 is 15.9 Å². The number of aromatic hydroxyl groups is 1. The van der Waals surface area contributed by atoms with E-state index in [1.807, 2.05) is 0 Å². The van der Waals surface area contributed by atoms with E-state index in [1.54, 1.807) is 32.0 Å². The van der Waals surface area contributed by atoms with Gasteiger partial charge in [-0.1, -0.05) is 26.0 Å². The van der Waals surface area contributed by atoms with Crippen LogP contribution in [0.3, 0.4) is 0 Å². The van der Waals surface area contributed by atoms with Gasteiger partial charge in [-0.15, -0.1) is 0 Å². The third-order valence-electron chi connectivity index (χ3n) is 4.06. The standard InChI is InChI=1S/C19H23N3O5S/c1-4-22(5-2)28(25,26)16-10-6-8-14(12-16)19(24)21-20-13-15-9-7-11-17(27-3)18(15)23/h6-13,23H,4-5H2,1-3H3,(H,21,24)/b20-13+. The zero-order valence-electron chi connectivity index (χ0n) is 15.9. The van der Waals surface area contributed by atoms with Crippen molar-refractivity contribution in [2.24, 2.45) is 5.10 Å². The molecule has 28 heavy (non-hydrogen) atoms. The Kier molecular flexibility index (Phi) is 7.13. The lowest BCUT2D eigenvalue weighted by molar-refractivity contribution is 0.0955. The molecule has 0 fully saturated rings. The molecule has 0 aromatic heterocycles. The molecule has 9 heteroatoms. The largest absolute Gasteiger partial charge is 0.504 e. The number of phenolic OH excluding ortho intramolecular Hbond substituents is 1. The number of methoxy groups -OCH3 is 1. The van der Waals surface area contributed by atoms with Gasteiger partial charge in [0.05, 0.1) is 18.2 Å². The molecule has 0 unspecified atom stereocenters. The molecule has 0 aliphatic heterocycles. The zero-order chi connectivity index (χ0) is 20.7.